The van der Waals surface area contributed by atoms with Crippen molar-refractivity contribution in [3.63, 3.8) is 0 Å². The number of fused-ring (bicyclic) bond motifs is 1. The average Bonchev–Trinajstić information content (AvgIpc) is 3.14. The summed E-state index contributed by atoms with van der Waals surface area (Å²) < 4.78 is 1.51. The Morgan fingerprint density at radius 1 is 1.20 bits per heavy atom. The maximum absolute atomic E-state index is 12.9. The molecular weight excluding hydrogens is 451 g/mol. The highest BCUT2D eigenvalue weighted by Gasteiger charge is 2.41. The minimum absolute atomic E-state index is 0. The van der Waals surface area contributed by atoms with Gasteiger partial charge in [0.05, 0.1) is 0 Å². The predicted molar refractivity (Wildman–Crippen MR) is 119 cm³/mol. The summed E-state index contributed by atoms with van der Waals surface area (Å²) in [6, 6.07) is 8.02. The van der Waals surface area contributed by atoms with Crippen LogP contribution in [0.25, 0.3) is 0 Å². The number of benzene rings is 1. The molecule has 4 N–H and O–H groups in total. The molecule has 0 radical (unpaired) electrons. The molecule has 0 saturated heterocycles. The molecule has 1 aromatic heterocycles. The first-order chi connectivity index (χ1) is 13.4. The van der Waals surface area contributed by atoms with E-state index in [0.717, 1.165) is 31.2 Å². The zero-order chi connectivity index (χ0) is 19.9. The minimum Gasteiger partial charge on any atom is -0.363 e. The molecule has 1 saturated carbocycles. The van der Waals surface area contributed by atoms with E-state index in [4.69, 9.17) is 23.1 Å². The van der Waals surface area contributed by atoms with Crippen LogP contribution in [0.3, 0.4) is 0 Å². The number of halogens is 3. The lowest BCUT2D eigenvalue weighted by Gasteiger charge is -2.44. The average molecular weight is 476 g/mol. The summed E-state index contributed by atoms with van der Waals surface area (Å²) >= 11 is 6.18. The van der Waals surface area contributed by atoms with Gasteiger partial charge >= 0.3 is 0 Å². The molecule has 1 fully saturated rings. The lowest BCUT2D eigenvalue weighted by atomic mass is 9.68. The van der Waals surface area contributed by atoms with Gasteiger partial charge in [-0.25, -0.2) is 0 Å². The molecule has 2 heterocycles. The van der Waals surface area contributed by atoms with Crippen molar-refractivity contribution in [2.45, 2.75) is 43.7 Å². The number of nitrogens with two attached hydrogens (primary N) is 2. The van der Waals surface area contributed by atoms with Crippen molar-refractivity contribution in [2.75, 3.05) is 13.1 Å². The number of carbonyl (C=O) groups excluding carboxylic acids is 2. The third kappa shape index (κ3) is 4.14. The Kier molecular flexibility index (Phi) is 7.74. The summed E-state index contributed by atoms with van der Waals surface area (Å²) in [5.41, 5.74) is 12.5. The van der Waals surface area contributed by atoms with Gasteiger partial charge in [0.25, 0.3) is 11.8 Å². The molecule has 1 aromatic carbocycles. The van der Waals surface area contributed by atoms with Crippen LogP contribution in [-0.2, 0) is 12.0 Å². The Balaban J connectivity index is 0.00000160. The summed E-state index contributed by atoms with van der Waals surface area (Å²) in [7, 11) is 0. The Labute approximate surface area is 192 Å². The van der Waals surface area contributed by atoms with Gasteiger partial charge < -0.3 is 16.4 Å². The van der Waals surface area contributed by atoms with Crippen LogP contribution < -0.4 is 11.5 Å². The molecular formula is C19H25Cl3N6O2. The molecule has 0 bridgehead atoms. The van der Waals surface area contributed by atoms with Gasteiger partial charge in [-0.15, -0.1) is 35.0 Å². The second-order valence-electron chi connectivity index (χ2n) is 7.59. The fraction of sp³-hybridized carbons (Fsp3) is 0.474. The highest BCUT2D eigenvalue weighted by Crippen LogP contribution is 2.41. The zero-order valence-corrected chi connectivity index (χ0v) is 18.7. The van der Waals surface area contributed by atoms with Crippen molar-refractivity contribution in [1.82, 2.24) is 19.7 Å². The fourth-order valence-electron chi connectivity index (χ4n) is 4.54. The normalized spacial score (nSPS) is 23.2. The highest BCUT2D eigenvalue weighted by molar-refractivity contribution is 6.30. The van der Waals surface area contributed by atoms with Gasteiger partial charge in [0.1, 0.15) is 0 Å². The number of hydrogen-bond donors (Lipinski definition) is 2. The predicted octanol–water partition coefficient (Wildman–Crippen LogP) is 2.17. The number of carbonyl (C=O) groups is 2. The van der Waals surface area contributed by atoms with Crippen molar-refractivity contribution in [1.29, 1.82) is 0 Å². The Morgan fingerprint density at radius 2 is 1.90 bits per heavy atom. The lowest BCUT2D eigenvalue weighted by molar-refractivity contribution is 0.0521. The molecule has 164 valence electrons. The number of aromatic nitrogens is 3. The van der Waals surface area contributed by atoms with Gasteiger partial charge in [-0.2, -0.15) is 0 Å². The van der Waals surface area contributed by atoms with Crippen LogP contribution in [-0.4, -0.2) is 50.6 Å². The topological polar surface area (TPSA) is 120 Å². The van der Waals surface area contributed by atoms with Crippen molar-refractivity contribution < 1.29 is 9.59 Å². The molecule has 0 atom stereocenters. The monoisotopic (exact) mass is 474 g/mol. The van der Waals surface area contributed by atoms with E-state index in [-0.39, 0.29) is 53.8 Å². The number of rotatable bonds is 4. The first-order valence-corrected chi connectivity index (χ1v) is 9.83. The van der Waals surface area contributed by atoms with Crippen LogP contribution in [0.5, 0.6) is 0 Å². The molecule has 2 aliphatic rings. The maximum Gasteiger partial charge on any atom is 0.292 e. The maximum atomic E-state index is 12.9. The van der Waals surface area contributed by atoms with Crippen LogP contribution in [0.2, 0.25) is 5.02 Å². The molecule has 0 unspecified atom stereocenters. The fourth-order valence-corrected chi connectivity index (χ4v) is 4.73. The summed E-state index contributed by atoms with van der Waals surface area (Å²) in [6.07, 6.45) is 3.48. The molecule has 2 aromatic rings. The molecule has 0 spiro atoms. The third-order valence-electron chi connectivity index (χ3n) is 6.17. The Morgan fingerprint density at radius 3 is 2.50 bits per heavy atom. The largest absolute Gasteiger partial charge is 0.363 e. The van der Waals surface area contributed by atoms with Crippen molar-refractivity contribution >= 4 is 48.2 Å². The third-order valence-corrected chi connectivity index (χ3v) is 6.40. The Bertz CT molecular complexity index is 927. The van der Waals surface area contributed by atoms with Gasteiger partial charge in [-0.05, 0) is 43.4 Å². The second kappa shape index (κ2) is 9.51. The second-order valence-corrected chi connectivity index (χ2v) is 8.02. The van der Waals surface area contributed by atoms with E-state index in [9.17, 15) is 9.59 Å². The summed E-state index contributed by atoms with van der Waals surface area (Å²) in [6.45, 7) is 1.53. The van der Waals surface area contributed by atoms with E-state index >= 15 is 0 Å². The van der Waals surface area contributed by atoms with Crippen molar-refractivity contribution in [3.05, 3.63) is 46.5 Å². The van der Waals surface area contributed by atoms with E-state index in [1.54, 1.807) is 0 Å². The van der Waals surface area contributed by atoms with Gasteiger partial charge in [0, 0.05) is 36.1 Å². The quantitative estimate of drug-likeness (QED) is 0.702. The van der Waals surface area contributed by atoms with E-state index in [0.29, 0.717) is 24.7 Å². The number of hydrogen-bond acceptors (Lipinski definition) is 5. The van der Waals surface area contributed by atoms with Gasteiger partial charge in [-0.1, -0.05) is 23.7 Å². The smallest absolute Gasteiger partial charge is 0.292 e. The van der Waals surface area contributed by atoms with E-state index < -0.39 is 5.91 Å². The molecule has 11 heteroatoms. The molecule has 1 aliphatic carbocycles. The molecule has 30 heavy (non-hydrogen) atoms. The first-order valence-electron chi connectivity index (χ1n) is 9.45. The first kappa shape index (κ1) is 24.4. The molecule has 1 aliphatic heterocycles. The van der Waals surface area contributed by atoms with Gasteiger partial charge in [0.2, 0.25) is 11.6 Å². The van der Waals surface area contributed by atoms with Crippen molar-refractivity contribution in [2.24, 2.45) is 11.5 Å². The van der Waals surface area contributed by atoms with Crippen LogP contribution >= 0.6 is 36.4 Å². The van der Waals surface area contributed by atoms with Gasteiger partial charge in [-0.3, -0.25) is 14.2 Å². The van der Waals surface area contributed by atoms with E-state index in [2.05, 4.69) is 16.3 Å². The summed E-state index contributed by atoms with van der Waals surface area (Å²) in [5.74, 6) is -0.647. The lowest BCUT2D eigenvalue weighted by Crippen LogP contribution is -2.51. The van der Waals surface area contributed by atoms with Crippen LogP contribution in [0.4, 0.5) is 0 Å². The van der Waals surface area contributed by atoms with Crippen LogP contribution in [0, 0.1) is 0 Å². The summed E-state index contributed by atoms with van der Waals surface area (Å²) in [5, 5.41) is 8.38. The molecule has 2 amide bonds. The number of primary amides is 1. The SMILES string of the molecule is Cl.Cl.NC[C@]1(c2cccc(Cl)c2)CC[C@H](N2CCn3c(C(N)=O)nnc3C2=O)CC1. The van der Waals surface area contributed by atoms with Crippen LogP contribution in [0.15, 0.2) is 24.3 Å². The minimum atomic E-state index is -0.674. The van der Waals surface area contributed by atoms with Crippen LogP contribution in [0.1, 0.15) is 52.5 Å². The van der Waals surface area contributed by atoms with Crippen molar-refractivity contribution in [3.8, 4) is 0 Å². The summed E-state index contributed by atoms with van der Waals surface area (Å²) in [4.78, 5) is 26.2. The molecule has 4 rings (SSSR count). The number of amides is 2. The molecule has 8 nitrogen and oxygen atoms in total. The zero-order valence-electron chi connectivity index (χ0n) is 16.3. The Hall–Kier alpha value is -1.87. The van der Waals surface area contributed by atoms with E-state index in [1.165, 1.54) is 4.57 Å². The van der Waals surface area contributed by atoms with Gasteiger partial charge in [0.15, 0.2) is 0 Å². The standard InChI is InChI=1S/C19H23ClN6O2.2ClH/c20-13-3-1-2-12(10-13)19(11-21)6-4-14(5-7-19)25-8-9-26-16(15(22)27)23-24-17(26)18(25)28;;/h1-3,10,14H,4-9,11,21H2,(H2,22,27);2*1H/t14-,19-;;. The van der Waals surface area contributed by atoms with E-state index in [1.807, 2.05) is 23.1 Å². The highest BCUT2D eigenvalue weighted by atomic mass is 35.5. The number of nitrogens with zero attached hydrogens (tertiary/aromatic N) is 4.